The Kier molecular flexibility index (Phi) is 4.04. The molecule has 1 aromatic carbocycles. The molecule has 2 aromatic rings. The molecule has 1 aliphatic carbocycles. The summed E-state index contributed by atoms with van der Waals surface area (Å²) < 4.78 is 21.1. The van der Waals surface area contributed by atoms with E-state index in [1.54, 1.807) is 6.07 Å². The summed E-state index contributed by atoms with van der Waals surface area (Å²) in [5.41, 5.74) is 5.86. The highest BCUT2D eigenvalue weighted by atomic mass is 19.1. The Hall–Kier alpha value is -2.41. The molecule has 0 bridgehead atoms. The third-order valence-electron chi connectivity index (χ3n) is 3.74. The fourth-order valence-electron chi connectivity index (χ4n) is 2.57. The maximum Gasteiger partial charge on any atom is 0.308 e. The van der Waals surface area contributed by atoms with Crippen LogP contribution in [0.5, 0.6) is 5.75 Å². The van der Waals surface area contributed by atoms with E-state index < -0.39 is 17.2 Å². The van der Waals surface area contributed by atoms with Crippen molar-refractivity contribution in [2.45, 2.75) is 25.8 Å². The van der Waals surface area contributed by atoms with Crippen molar-refractivity contribution in [1.82, 2.24) is 4.57 Å². The molecule has 0 radical (unpaired) electrons. The Bertz CT molecular complexity index is 827. The van der Waals surface area contributed by atoms with E-state index in [-0.39, 0.29) is 17.2 Å². The van der Waals surface area contributed by atoms with E-state index in [1.165, 1.54) is 19.2 Å². The minimum absolute atomic E-state index is 0.0704. The smallest absolute Gasteiger partial charge is 0.308 e. The zero-order chi connectivity index (χ0) is 16.6. The summed E-state index contributed by atoms with van der Waals surface area (Å²) in [6.45, 7) is 2.03. The minimum Gasteiger partial charge on any atom is -0.421 e. The first-order chi connectivity index (χ1) is 11.0. The number of nitrogens with one attached hydrogen (secondary N) is 1. The summed E-state index contributed by atoms with van der Waals surface area (Å²) in [7, 11) is 0. The monoisotopic (exact) mass is 319 g/mol. The number of esters is 1. The standard InChI is InChI=1S/C16H18FN3O3/c1-9(21)23-15-8-20(10-2-3-10)14-7-13(19-5-4-18)12(17)6-11(14)16(15)22/h6-8,10,19H,2-5,18H2,1H3. The number of carbonyl (C=O) groups is 1. The second kappa shape index (κ2) is 6.00. The van der Waals surface area contributed by atoms with Gasteiger partial charge in [-0.25, -0.2) is 4.39 Å². The van der Waals surface area contributed by atoms with Crippen molar-refractivity contribution >= 4 is 22.6 Å². The highest BCUT2D eigenvalue weighted by molar-refractivity contribution is 5.85. The Morgan fingerprint density at radius 2 is 2.22 bits per heavy atom. The first-order valence-electron chi connectivity index (χ1n) is 7.52. The molecule has 6 nitrogen and oxygen atoms in total. The SMILES string of the molecule is CC(=O)Oc1cn(C2CC2)c2cc(NCCN)c(F)cc2c1=O. The number of aromatic nitrogens is 1. The van der Waals surface area contributed by atoms with E-state index in [0.717, 1.165) is 12.8 Å². The molecule has 0 saturated heterocycles. The van der Waals surface area contributed by atoms with Gasteiger partial charge in [-0.15, -0.1) is 0 Å². The summed E-state index contributed by atoms with van der Waals surface area (Å²) in [6, 6.07) is 3.03. The van der Waals surface area contributed by atoms with Gasteiger partial charge < -0.3 is 20.4 Å². The number of nitrogens with zero attached hydrogens (tertiary/aromatic N) is 1. The summed E-state index contributed by atoms with van der Waals surface area (Å²) in [4.78, 5) is 23.6. The lowest BCUT2D eigenvalue weighted by atomic mass is 10.1. The number of nitrogens with two attached hydrogens (primary N) is 1. The highest BCUT2D eigenvalue weighted by Crippen LogP contribution is 2.38. The third kappa shape index (κ3) is 3.05. The lowest BCUT2D eigenvalue weighted by Gasteiger charge is -2.14. The summed E-state index contributed by atoms with van der Waals surface area (Å²) in [5, 5.41) is 3.11. The molecule has 1 fully saturated rings. The number of hydrogen-bond acceptors (Lipinski definition) is 5. The second-order valence-electron chi connectivity index (χ2n) is 5.62. The Labute approximate surface area is 132 Å². The first-order valence-corrected chi connectivity index (χ1v) is 7.52. The van der Waals surface area contributed by atoms with Crippen LogP contribution in [0.25, 0.3) is 10.9 Å². The average molecular weight is 319 g/mol. The van der Waals surface area contributed by atoms with Crippen LogP contribution in [0.1, 0.15) is 25.8 Å². The second-order valence-corrected chi connectivity index (χ2v) is 5.62. The molecule has 1 heterocycles. The molecule has 7 heteroatoms. The lowest BCUT2D eigenvalue weighted by molar-refractivity contribution is -0.131. The number of ether oxygens (including phenoxy) is 1. The van der Waals surface area contributed by atoms with Gasteiger partial charge in [0.25, 0.3) is 0 Å². The van der Waals surface area contributed by atoms with Crippen LogP contribution in [0, 0.1) is 5.82 Å². The van der Waals surface area contributed by atoms with Crippen LogP contribution in [-0.4, -0.2) is 23.6 Å². The Balaban J connectivity index is 2.20. The zero-order valence-corrected chi connectivity index (χ0v) is 12.8. The molecule has 23 heavy (non-hydrogen) atoms. The summed E-state index contributed by atoms with van der Waals surface area (Å²) in [5.74, 6) is -1.19. The van der Waals surface area contributed by atoms with Crippen molar-refractivity contribution in [1.29, 1.82) is 0 Å². The zero-order valence-electron chi connectivity index (χ0n) is 12.8. The number of anilines is 1. The highest BCUT2D eigenvalue weighted by Gasteiger charge is 2.26. The lowest BCUT2D eigenvalue weighted by Crippen LogP contribution is -2.17. The predicted molar refractivity (Wildman–Crippen MR) is 85.3 cm³/mol. The molecule has 3 rings (SSSR count). The van der Waals surface area contributed by atoms with Gasteiger partial charge in [-0.2, -0.15) is 0 Å². The molecular weight excluding hydrogens is 301 g/mol. The number of benzene rings is 1. The largest absolute Gasteiger partial charge is 0.421 e. The molecule has 0 amide bonds. The van der Waals surface area contributed by atoms with Crippen molar-refractivity contribution < 1.29 is 13.9 Å². The molecule has 122 valence electrons. The van der Waals surface area contributed by atoms with Crippen LogP contribution in [-0.2, 0) is 4.79 Å². The molecule has 0 unspecified atom stereocenters. The van der Waals surface area contributed by atoms with Crippen molar-refractivity contribution in [2.75, 3.05) is 18.4 Å². The van der Waals surface area contributed by atoms with Gasteiger partial charge >= 0.3 is 5.97 Å². The van der Waals surface area contributed by atoms with Crippen molar-refractivity contribution in [3.05, 3.63) is 34.4 Å². The fourth-order valence-corrected chi connectivity index (χ4v) is 2.57. The van der Waals surface area contributed by atoms with Crippen LogP contribution in [0.4, 0.5) is 10.1 Å². The Morgan fingerprint density at radius 1 is 1.48 bits per heavy atom. The molecule has 0 aliphatic heterocycles. The predicted octanol–water partition coefficient (Wildman–Crippen LogP) is 1.77. The molecule has 3 N–H and O–H groups in total. The van der Waals surface area contributed by atoms with Gasteiger partial charge in [-0.3, -0.25) is 9.59 Å². The minimum atomic E-state index is -0.578. The van der Waals surface area contributed by atoms with E-state index in [0.29, 0.717) is 24.3 Å². The maximum atomic E-state index is 14.2. The maximum absolute atomic E-state index is 14.2. The number of fused-ring (bicyclic) bond motifs is 1. The number of rotatable bonds is 5. The van der Waals surface area contributed by atoms with Gasteiger partial charge in [0.15, 0.2) is 5.75 Å². The normalized spacial score (nSPS) is 14.0. The van der Waals surface area contributed by atoms with E-state index in [4.69, 9.17) is 10.5 Å². The van der Waals surface area contributed by atoms with Crippen LogP contribution in [0.2, 0.25) is 0 Å². The van der Waals surface area contributed by atoms with Gasteiger partial charge in [-0.1, -0.05) is 0 Å². The average Bonchev–Trinajstić information content (AvgIpc) is 3.33. The van der Waals surface area contributed by atoms with E-state index >= 15 is 0 Å². The topological polar surface area (TPSA) is 86.3 Å². The van der Waals surface area contributed by atoms with Gasteiger partial charge in [0.05, 0.1) is 22.8 Å². The van der Waals surface area contributed by atoms with Crippen LogP contribution in [0.15, 0.2) is 23.1 Å². The van der Waals surface area contributed by atoms with Crippen molar-refractivity contribution in [3.63, 3.8) is 0 Å². The van der Waals surface area contributed by atoms with Crippen LogP contribution in [0.3, 0.4) is 0 Å². The first kappa shape index (κ1) is 15.5. The van der Waals surface area contributed by atoms with Gasteiger partial charge in [0.1, 0.15) is 5.82 Å². The number of pyridine rings is 1. The van der Waals surface area contributed by atoms with Crippen molar-refractivity contribution in [3.8, 4) is 5.75 Å². The fraction of sp³-hybridized carbons (Fsp3) is 0.375. The summed E-state index contributed by atoms with van der Waals surface area (Å²) >= 11 is 0. The molecule has 1 aliphatic rings. The molecular formula is C16H18FN3O3. The van der Waals surface area contributed by atoms with Crippen LogP contribution >= 0.6 is 0 Å². The third-order valence-corrected chi connectivity index (χ3v) is 3.74. The number of halogens is 1. The number of carbonyl (C=O) groups excluding carboxylic acids is 1. The van der Waals surface area contributed by atoms with Gasteiger partial charge in [0.2, 0.25) is 5.43 Å². The van der Waals surface area contributed by atoms with Crippen LogP contribution < -0.4 is 21.2 Å². The molecule has 0 spiro atoms. The molecule has 0 atom stereocenters. The number of hydrogen-bond donors (Lipinski definition) is 2. The van der Waals surface area contributed by atoms with E-state index in [1.807, 2.05) is 4.57 Å². The van der Waals surface area contributed by atoms with Crippen molar-refractivity contribution in [2.24, 2.45) is 5.73 Å². The molecule has 1 aromatic heterocycles. The van der Waals surface area contributed by atoms with E-state index in [9.17, 15) is 14.0 Å². The summed E-state index contributed by atoms with van der Waals surface area (Å²) in [6.07, 6.45) is 3.48. The molecule has 1 saturated carbocycles. The van der Waals surface area contributed by atoms with Gasteiger partial charge in [0, 0.05) is 26.1 Å². The van der Waals surface area contributed by atoms with E-state index in [2.05, 4.69) is 5.32 Å². The quantitative estimate of drug-likeness (QED) is 0.820. The Morgan fingerprint density at radius 3 is 2.83 bits per heavy atom. The van der Waals surface area contributed by atoms with Gasteiger partial charge in [-0.05, 0) is 25.0 Å².